The van der Waals surface area contributed by atoms with Crippen LogP contribution in [0.5, 0.6) is 0 Å². The second kappa shape index (κ2) is 7.04. The highest BCUT2D eigenvalue weighted by Gasteiger charge is 2.12. The Hall–Kier alpha value is -2.13. The molecule has 0 aromatic heterocycles. The van der Waals surface area contributed by atoms with Crippen LogP contribution in [0.3, 0.4) is 0 Å². The van der Waals surface area contributed by atoms with Gasteiger partial charge < -0.3 is 11.1 Å². The van der Waals surface area contributed by atoms with Crippen LogP contribution in [0.1, 0.15) is 35.2 Å². The van der Waals surface area contributed by atoms with Gasteiger partial charge in [0.15, 0.2) is 0 Å². The molecule has 3 N–H and O–H groups in total. The van der Waals surface area contributed by atoms with Gasteiger partial charge in [0.2, 0.25) is 5.91 Å². The Morgan fingerprint density at radius 3 is 2.38 bits per heavy atom. The Morgan fingerprint density at radius 2 is 1.71 bits per heavy atom. The smallest absolute Gasteiger partial charge is 0.224 e. The van der Waals surface area contributed by atoms with E-state index in [0.717, 1.165) is 16.7 Å². The minimum Gasteiger partial charge on any atom is -0.349 e. The average molecular weight is 282 g/mol. The lowest BCUT2D eigenvalue weighted by Crippen LogP contribution is -2.29. The molecule has 2 rings (SSSR count). The third-order valence-electron chi connectivity index (χ3n) is 3.72. The van der Waals surface area contributed by atoms with Gasteiger partial charge in [0.1, 0.15) is 0 Å². The number of carbonyl (C=O) groups is 1. The van der Waals surface area contributed by atoms with Crippen molar-refractivity contribution < 1.29 is 4.79 Å². The number of aryl methyl sites for hydroxylation is 1. The fourth-order valence-electron chi connectivity index (χ4n) is 2.54. The van der Waals surface area contributed by atoms with Crippen LogP contribution in [-0.2, 0) is 17.8 Å². The summed E-state index contributed by atoms with van der Waals surface area (Å²) in [5, 5.41) is 3.06. The van der Waals surface area contributed by atoms with E-state index in [9.17, 15) is 4.79 Å². The van der Waals surface area contributed by atoms with Gasteiger partial charge in [0, 0.05) is 6.54 Å². The molecule has 0 aliphatic rings. The summed E-state index contributed by atoms with van der Waals surface area (Å²) in [6.45, 7) is 4.52. The van der Waals surface area contributed by atoms with Crippen molar-refractivity contribution in [1.29, 1.82) is 0 Å². The molecule has 0 radical (unpaired) electrons. The zero-order valence-corrected chi connectivity index (χ0v) is 12.6. The van der Waals surface area contributed by atoms with Gasteiger partial charge in [-0.15, -0.1) is 0 Å². The lowest BCUT2D eigenvalue weighted by atomic mass is 10.0. The molecule has 21 heavy (non-hydrogen) atoms. The summed E-state index contributed by atoms with van der Waals surface area (Å²) >= 11 is 0. The number of nitrogens with two attached hydrogens (primary N) is 1. The number of hydrogen-bond donors (Lipinski definition) is 2. The minimum absolute atomic E-state index is 0.00346. The van der Waals surface area contributed by atoms with Crippen molar-refractivity contribution in [3.05, 3.63) is 70.8 Å². The van der Waals surface area contributed by atoms with Crippen LogP contribution in [0.15, 0.2) is 48.5 Å². The third-order valence-corrected chi connectivity index (χ3v) is 3.72. The molecule has 0 aliphatic carbocycles. The molecule has 0 unspecified atom stereocenters. The summed E-state index contributed by atoms with van der Waals surface area (Å²) < 4.78 is 0. The number of rotatable bonds is 5. The molecule has 0 saturated heterocycles. The van der Waals surface area contributed by atoms with Crippen molar-refractivity contribution in [2.75, 3.05) is 0 Å². The van der Waals surface area contributed by atoms with E-state index >= 15 is 0 Å². The van der Waals surface area contributed by atoms with Gasteiger partial charge in [-0.2, -0.15) is 0 Å². The first kappa shape index (κ1) is 15.3. The summed E-state index contributed by atoms with van der Waals surface area (Å²) in [5.41, 5.74) is 10.1. The number of hydrogen-bond acceptors (Lipinski definition) is 2. The van der Waals surface area contributed by atoms with Crippen LogP contribution in [-0.4, -0.2) is 5.91 Å². The first-order valence-corrected chi connectivity index (χ1v) is 7.23. The molecule has 1 atom stereocenters. The Morgan fingerprint density at radius 1 is 1.10 bits per heavy atom. The molecule has 2 aromatic rings. The van der Waals surface area contributed by atoms with Crippen LogP contribution < -0.4 is 11.1 Å². The highest BCUT2D eigenvalue weighted by Crippen LogP contribution is 2.17. The number of nitrogens with one attached hydrogen (secondary N) is 1. The van der Waals surface area contributed by atoms with E-state index in [4.69, 9.17) is 5.73 Å². The summed E-state index contributed by atoms with van der Waals surface area (Å²) in [5.74, 6) is 0.0200. The molecule has 110 valence electrons. The Labute approximate surface area is 126 Å². The Balaban J connectivity index is 2.03. The maximum absolute atomic E-state index is 12.2. The van der Waals surface area contributed by atoms with E-state index < -0.39 is 0 Å². The van der Waals surface area contributed by atoms with Crippen molar-refractivity contribution in [2.45, 2.75) is 32.9 Å². The van der Waals surface area contributed by atoms with E-state index in [-0.39, 0.29) is 11.9 Å². The van der Waals surface area contributed by atoms with Crippen molar-refractivity contribution >= 4 is 5.91 Å². The quantitative estimate of drug-likeness (QED) is 0.886. The van der Waals surface area contributed by atoms with Crippen molar-refractivity contribution in [3.8, 4) is 0 Å². The predicted octanol–water partition coefficient (Wildman–Crippen LogP) is 2.87. The lowest BCUT2D eigenvalue weighted by molar-refractivity contribution is -0.121. The molecule has 1 amide bonds. The summed E-state index contributed by atoms with van der Waals surface area (Å²) in [4.78, 5) is 12.2. The maximum atomic E-state index is 12.2. The zero-order valence-electron chi connectivity index (χ0n) is 12.6. The van der Waals surface area contributed by atoms with Gasteiger partial charge in [-0.3, -0.25) is 4.79 Å². The van der Waals surface area contributed by atoms with Crippen LogP contribution in [0.2, 0.25) is 0 Å². The SMILES string of the molecule is Cc1ccccc1[C@@H](C)NC(=O)Cc1ccccc1CN. The van der Waals surface area contributed by atoms with Gasteiger partial charge in [-0.25, -0.2) is 0 Å². The highest BCUT2D eigenvalue weighted by atomic mass is 16.1. The normalized spacial score (nSPS) is 12.0. The summed E-state index contributed by atoms with van der Waals surface area (Å²) in [6.07, 6.45) is 0.365. The average Bonchev–Trinajstić information content (AvgIpc) is 2.48. The molecule has 3 heteroatoms. The van der Waals surface area contributed by atoms with E-state index in [0.29, 0.717) is 13.0 Å². The van der Waals surface area contributed by atoms with Gasteiger partial charge >= 0.3 is 0 Å². The van der Waals surface area contributed by atoms with Gasteiger partial charge in [0.25, 0.3) is 0 Å². The van der Waals surface area contributed by atoms with Crippen molar-refractivity contribution in [2.24, 2.45) is 5.73 Å². The largest absolute Gasteiger partial charge is 0.349 e. The maximum Gasteiger partial charge on any atom is 0.224 e. The Kier molecular flexibility index (Phi) is 5.12. The number of amides is 1. The second-order valence-corrected chi connectivity index (χ2v) is 5.30. The van der Waals surface area contributed by atoms with Crippen LogP contribution in [0, 0.1) is 6.92 Å². The second-order valence-electron chi connectivity index (χ2n) is 5.30. The molecule has 0 bridgehead atoms. The molecule has 0 spiro atoms. The van der Waals surface area contributed by atoms with Gasteiger partial charge in [-0.05, 0) is 36.1 Å². The van der Waals surface area contributed by atoms with Gasteiger partial charge in [0.05, 0.1) is 12.5 Å². The summed E-state index contributed by atoms with van der Waals surface area (Å²) in [7, 11) is 0. The predicted molar refractivity (Wildman–Crippen MR) is 85.8 cm³/mol. The van der Waals surface area contributed by atoms with Crippen LogP contribution >= 0.6 is 0 Å². The van der Waals surface area contributed by atoms with Crippen molar-refractivity contribution in [3.63, 3.8) is 0 Å². The molecule has 0 heterocycles. The first-order valence-electron chi connectivity index (χ1n) is 7.23. The number of carbonyl (C=O) groups excluding carboxylic acids is 1. The van der Waals surface area contributed by atoms with E-state index in [1.54, 1.807) is 0 Å². The molecular weight excluding hydrogens is 260 g/mol. The Bertz CT molecular complexity index is 622. The molecule has 0 saturated carbocycles. The van der Waals surface area contributed by atoms with E-state index in [2.05, 4.69) is 18.3 Å². The molecule has 2 aromatic carbocycles. The lowest BCUT2D eigenvalue weighted by Gasteiger charge is -2.17. The molecule has 0 aliphatic heterocycles. The first-order chi connectivity index (χ1) is 10.1. The monoisotopic (exact) mass is 282 g/mol. The highest BCUT2D eigenvalue weighted by molar-refractivity contribution is 5.79. The van der Waals surface area contributed by atoms with Crippen LogP contribution in [0.25, 0.3) is 0 Å². The van der Waals surface area contributed by atoms with Crippen molar-refractivity contribution in [1.82, 2.24) is 5.32 Å². The van der Waals surface area contributed by atoms with E-state index in [1.165, 1.54) is 5.56 Å². The minimum atomic E-state index is 0.00346. The van der Waals surface area contributed by atoms with E-state index in [1.807, 2.05) is 49.4 Å². The molecule has 3 nitrogen and oxygen atoms in total. The fourth-order valence-corrected chi connectivity index (χ4v) is 2.54. The topological polar surface area (TPSA) is 55.1 Å². The van der Waals surface area contributed by atoms with Crippen LogP contribution in [0.4, 0.5) is 0 Å². The molecule has 0 fully saturated rings. The summed E-state index contributed by atoms with van der Waals surface area (Å²) in [6, 6.07) is 15.9. The standard InChI is InChI=1S/C18H22N2O/c1-13-7-3-6-10-17(13)14(2)20-18(21)11-15-8-4-5-9-16(15)12-19/h3-10,14H,11-12,19H2,1-2H3,(H,20,21)/t14-/m1/s1. The fraction of sp³-hybridized carbons (Fsp3) is 0.278. The number of benzene rings is 2. The zero-order chi connectivity index (χ0) is 15.2. The molecular formula is C18H22N2O. The third kappa shape index (κ3) is 3.92. The van der Waals surface area contributed by atoms with Gasteiger partial charge in [-0.1, -0.05) is 48.5 Å².